The molecule has 0 unspecified atom stereocenters. The average molecular weight is 365 g/mol. The Hall–Kier alpha value is -2.22. The fraction of sp³-hybridized carbons (Fsp3) is 0.440. The highest BCUT2D eigenvalue weighted by atomic mass is 16.5. The third kappa shape index (κ3) is 4.37. The Kier molecular flexibility index (Phi) is 6.26. The maximum atomic E-state index is 6.33. The van der Waals surface area contributed by atoms with E-state index >= 15 is 0 Å². The summed E-state index contributed by atoms with van der Waals surface area (Å²) in [6.07, 6.45) is 5.10. The first-order valence-corrected chi connectivity index (χ1v) is 10.3. The van der Waals surface area contributed by atoms with E-state index in [0.717, 1.165) is 39.5 Å². The van der Waals surface area contributed by atoms with Gasteiger partial charge in [0.2, 0.25) is 0 Å². The summed E-state index contributed by atoms with van der Waals surface area (Å²) < 4.78 is 12.6. The van der Waals surface area contributed by atoms with Crippen LogP contribution in [0.3, 0.4) is 0 Å². The van der Waals surface area contributed by atoms with E-state index in [2.05, 4.69) is 77.1 Å². The smallest absolute Gasteiger partial charge is 0.135 e. The zero-order valence-corrected chi connectivity index (χ0v) is 17.3. The third-order valence-electron chi connectivity index (χ3n) is 4.77. The summed E-state index contributed by atoms with van der Waals surface area (Å²) in [6.45, 7) is 10.6. The first-order valence-electron chi connectivity index (χ1n) is 10.3. The number of ether oxygens (including phenoxy) is 2. The zero-order valence-electron chi connectivity index (χ0n) is 17.3. The van der Waals surface area contributed by atoms with Crippen molar-refractivity contribution in [3.63, 3.8) is 0 Å². The summed E-state index contributed by atoms with van der Waals surface area (Å²) in [6, 6.07) is 15.2. The number of rotatable bonds is 8. The summed E-state index contributed by atoms with van der Waals surface area (Å²) in [5.74, 6) is 1.94. The van der Waals surface area contributed by atoms with Crippen molar-refractivity contribution in [1.29, 1.82) is 0 Å². The molecule has 0 amide bonds. The van der Waals surface area contributed by atoms with Gasteiger partial charge in [0, 0.05) is 21.5 Å². The van der Waals surface area contributed by atoms with Crippen LogP contribution in [0.25, 0.3) is 21.5 Å². The van der Waals surface area contributed by atoms with E-state index in [1.807, 2.05) is 0 Å². The van der Waals surface area contributed by atoms with Crippen LogP contribution in [0, 0.1) is 0 Å². The molecule has 0 aliphatic heterocycles. The number of fused-ring (bicyclic) bond motifs is 2. The van der Waals surface area contributed by atoms with Crippen molar-refractivity contribution in [3.05, 3.63) is 48.0 Å². The minimum Gasteiger partial charge on any atom is -0.490 e. The number of hydrogen-bond donors (Lipinski definition) is 0. The normalized spacial score (nSPS) is 11.7. The monoisotopic (exact) mass is 364 g/mol. The predicted molar refractivity (Wildman–Crippen MR) is 116 cm³/mol. The van der Waals surface area contributed by atoms with Gasteiger partial charge in [-0.05, 0) is 52.2 Å². The summed E-state index contributed by atoms with van der Waals surface area (Å²) in [5, 5.41) is 4.54. The van der Waals surface area contributed by atoms with E-state index in [9.17, 15) is 0 Å². The summed E-state index contributed by atoms with van der Waals surface area (Å²) >= 11 is 0. The van der Waals surface area contributed by atoms with Crippen LogP contribution in [0.2, 0.25) is 0 Å². The Morgan fingerprint density at radius 1 is 0.704 bits per heavy atom. The molecular weight excluding hydrogens is 332 g/mol. The molecule has 0 radical (unpaired) electrons. The van der Waals surface area contributed by atoms with E-state index < -0.39 is 0 Å². The number of unbranched alkanes of at least 4 members (excludes halogenated alkanes) is 2. The van der Waals surface area contributed by atoms with Gasteiger partial charge in [0.15, 0.2) is 0 Å². The van der Waals surface area contributed by atoms with Crippen molar-refractivity contribution in [3.8, 4) is 11.5 Å². The van der Waals surface area contributed by atoms with E-state index in [1.54, 1.807) is 0 Å². The minimum absolute atomic E-state index is 0.122. The number of hydrogen-bond acceptors (Lipinski definition) is 2. The van der Waals surface area contributed by atoms with Crippen molar-refractivity contribution < 1.29 is 9.47 Å². The molecule has 3 aromatic carbocycles. The number of benzene rings is 3. The Morgan fingerprint density at radius 2 is 1.26 bits per heavy atom. The molecule has 0 aliphatic carbocycles. The van der Waals surface area contributed by atoms with Gasteiger partial charge < -0.3 is 9.47 Å². The molecule has 0 aliphatic rings. The van der Waals surface area contributed by atoms with Gasteiger partial charge in [-0.2, -0.15) is 0 Å². The highest BCUT2D eigenvalue weighted by molar-refractivity contribution is 6.11. The van der Waals surface area contributed by atoms with Gasteiger partial charge in [0.25, 0.3) is 0 Å². The second kappa shape index (κ2) is 8.65. The highest BCUT2D eigenvalue weighted by Crippen LogP contribution is 2.43. The Morgan fingerprint density at radius 3 is 1.81 bits per heavy atom. The van der Waals surface area contributed by atoms with Crippen LogP contribution >= 0.6 is 0 Å². The van der Waals surface area contributed by atoms with Crippen molar-refractivity contribution in [1.82, 2.24) is 0 Å². The molecule has 0 heterocycles. The second-order valence-electron chi connectivity index (χ2n) is 7.87. The molecule has 0 N–H and O–H groups in total. The molecule has 2 heteroatoms. The fourth-order valence-electron chi connectivity index (χ4n) is 3.61. The van der Waals surface area contributed by atoms with Crippen LogP contribution in [0.5, 0.6) is 11.5 Å². The minimum atomic E-state index is 0.122. The standard InChI is InChI=1S/C25H32O2/c1-6-7-8-11-19-14-15-22-23(16-19)25(27-18(4)5)21-13-10-9-12-20(21)24(22)26-17(2)3/h9-10,12-18H,6-8,11H2,1-5H3. The fourth-order valence-corrected chi connectivity index (χ4v) is 3.61. The summed E-state index contributed by atoms with van der Waals surface area (Å²) in [5.41, 5.74) is 1.37. The topological polar surface area (TPSA) is 18.5 Å². The quantitative estimate of drug-likeness (QED) is 0.308. The van der Waals surface area contributed by atoms with E-state index in [1.165, 1.54) is 24.8 Å². The second-order valence-corrected chi connectivity index (χ2v) is 7.87. The van der Waals surface area contributed by atoms with Crippen LogP contribution in [0.15, 0.2) is 42.5 Å². The average Bonchev–Trinajstić information content (AvgIpc) is 2.64. The van der Waals surface area contributed by atoms with Crippen molar-refractivity contribution in [2.24, 2.45) is 0 Å². The molecule has 0 saturated heterocycles. The first kappa shape index (κ1) is 19.5. The van der Waals surface area contributed by atoms with Crippen molar-refractivity contribution in [2.45, 2.75) is 72.5 Å². The molecule has 0 spiro atoms. The van der Waals surface area contributed by atoms with Gasteiger partial charge in [-0.1, -0.05) is 56.2 Å². The molecular formula is C25H32O2. The maximum absolute atomic E-state index is 6.33. The van der Waals surface area contributed by atoms with Gasteiger partial charge in [0.1, 0.15) is 11.5 Å². The SMILES string of the molecule is CCCCCc1ccc2c(OC(C)C)c3ccccc3c(OC(C)C)c2c1. The summed E-state index contributed by atoms with van der Waals surface area (Å²) in [4.78, 5) is 0. The molecule has 0 fully saturated rings. The van der Waals surface area contributed by atoms with Crippen LogP contribution in [0.4, 0.5) is 0 Å². The molecule has 3 aromatic rings. The van der Waals surface area contributed by atoms with Crippen LogP contribution in [0.1, 0.15) is 59.4 Å². The van der Waals surface area contributed by atoms with Gasteiger partial charge in [-0.3, -0.25) is 0 Å². The summed E-state index contributed by atoms with van der Waals surface area (Å²) in [7, 11) is 0. The first-order chi connectivity index (χ1) is 13.0. The van der Waals surface area contributed by atoms with Crippen LogP contribution < -0.4 is 9.47 Å². The van der Waals surface area contributed by atoms with E-state index in [-0.39, 0.29) is 12.2 Å². The lowest BCUT2D eigenvalue weighted by molar-refractivity contribution is 0.244. The van der Waals surface area contributed by atoms with Gasteiger partial charge in [0.05, 0.1) is 12.2 Å². The van der Waals surface area contributed by atoms with Crippen LogP contribution in [-0.4, -0.2) is 12.2 Å². The molecule has 2 nitrogen and oxygen atoms in total. The molecule has 0 saturated carbocycles. The van der Waals surface area contributed by atoms with Gasteiger partial charge in [-0.25, -0.2) is 0 Å². The van der Waals surface area contributed by atoms with Crippen LogP contribution in [-0.2, 0) is 6.42 Å². The van der Waals surface area contributed by atoms with Crippen molar-refractivity contribution in [2.75, 3.05) is 0 Å². The Balaban J connectivity index is 2.26. The van der Waals surface area contributed by atoms with Gasteiger partial charge in [-0.15, -0.1) is 0 Å². The zero-order chi connectivity index (χ0) is 19.4. The molecule has 3 rings (SSSR count). The maximum Gasteiger partial charge on any atom is 0.135 e. The molecule has 0 atom stereocenters. The lowest BCUT2D eigenvalue weighted by Crippen LogP contribution is -2.09. The highest BCUT2D eigenvalue weighted by Gasteiger charge is 2.18. The third-order valence-corrected chi connectivity index (χ3v) is 4.77. The lowest BCUT2D eigenvalue weighted by atomic mass is 9.97. The largest absolute Gasteiger partial charge is 0.490 e. The van der Waals surface area contributed by atoms with E-state index in [0.29, 0.717) is 0 Å². The number of aryl methyl sites for hydroxylation is 1. The molecule has 0 bridgehead atoms. The molecule has 144 valence electrons. The molecule has 27 heavy (non-hydrogen) atoms. The Labute approximate surface area is 163 Å². The Bertz CT molecular complexity index is 909. The lowest BCUT2D eigenvalue weighted by Gasteiger charge is -2.21. The van der Waals surface area contributed by atoms with Crippen molar-refractivity contribution >= 4 is 21.5 Å². The van der Waals surface area contributed by atoms with E-state index in [4.69, 9.17) is 9.47 Å². The predicted octanol–water partition coefficient (Wildman–Crippen LogP) is 7.30. The van der Waals surface area contributed by atoms with Gasteiger partial charge >= 0.3 is 0 Å². The molecule has 0 aromatic heterocycles.